The molecule has 0 aliphatic heterocycles. The number of thiophene rings is 1. The molecule has 2 N–H and O–H groups in total. The number of primary amides is 1. The fourth-order valence-corrected chi connectivity index (χ4v) is 5.03. The van der Waals surface area contributed by atoms with Crippen LogP contribution >= 0.6 is 23.1 Å². The average Bonchev–Trinajstić information content (AvgIpc) is 2.81. The van der Waals surface area contributed by atoms with Crippen LogP contribution in [0.3, 0.4) is 0 Å². The summed E-state index contributed by atoms with van der Waals surface area (Å²) in [4.78, 5) is 23.0. The molecule has 2 aromatic rings. The number of amides is 1. The lowest BCUT2D eigenvalue weighted by molar-refractivity contribution is -0.115. The molecule has 1 aliphatic carbocycles. The van der Waals surface area contributed by atoms with Crippen LogP contribution in [0.25, 0.3) is 10.2 Å². The second kappa shape index (κ2) is 5.93. The number of carbonyl (C=O) groups is 1. The van der Waals surface area contributed by atoms with Crippen LogP contribution in [0, 0.1) is 5.92 Å². The summed E-state index contributed by atoms with van der Waals surface area (Å²) in [6.45, 7) is 4.36. The van der Waals surface area contributed by atoms with Crippen LogP contribution in [-0.2, 0) is 24.1 Å². The Balaban J connectivity index is 2.12. The van der Waals surface area contributed by atoms with Crippen LogP contribution in [0.4, 0.5) is 0 Å². The molecule has 1 aliphatic rings. The summed E-state index contributed by atoms with van der Waals surface area (Å²) in [5, 5.41) is 2.10. The van der Waals surface area contributed by atoms with Crippen molar-refractivity contribution in [2.45, 2.75) is 44.6 Å². The molecule has 4 nitrogen and oxygen atoms in total. The van der Waals surface area contributed by atoms with Gasteiger partial charge in [0.1, 0.15) is 15.7 Å². The summed E-state index contributed by atoms with van der Waals surface area (Å²) in [7, 11) is 0. The molecule has 2 heterocycles. The van der Waals surface area contributed by atoms with E-state index in [1.54, 1.807) is 11.3 Å². The third-order valence-corrected chi connectivity index (χ3v) is 5.98. The van der Waals surface area contributed by atoms with E-state index in [0.717, 1.165) is 40.9 Å². The lowest BCUT2D eigenvalue weighted by Gasteiger charge is -2.18. The fraction of sp³-hybridized carbons (Fsp3) is 0.533. The third-order valence-electron chi connectivity index (χ3n) is 3.84. The Morgan fingerprint density at radius 2 is 2.29 bits per heavy atom. The highest BCUT2D eigenvalue weighted by Crippen LogP contribution is 2.40. The van der Waals surface area contributed by atoms with Gasteiger partial charge in [0.2, 0.25) is 5.91 Å². The van der Waals surface area contributed by atoms with Gasteiger partial charge in [-0.1, -0.05) is 25.6 Å². The second-order valence-corrected chi connectivity index (χ2v) is 7.63. The Bertz CT molecular complexity index is 696. The zero-order chi connectivity index (χ0) is 15.0. The fourth-order valence-electron chi connectivity index (χ4n) is 2.75. The number of carbonyl (C=O) groups excluding carboxylic acids is 1. The van der Waals surface area contributed by atoms with E-state index in [4.69, 9.17) is 5.73 Å². The molecule has 0 bridgehead atoms. The Hall–Kier alpha value is -1.14. The number of rotatable bonds is 4. The molecular formula is C15H19N3OS2. The van der Waals surface area contributed by atoms with Gasteiger partial charge in [0.15, 0.2) is 0 Å². The molecular weight excluding hydrogens is 302 g/mol. The normalized spacial score (nSPS) is 17.9. The molecule has 0 aromatic carbocycles. The maximum atomic E-state index is 11.1. The Morgan fingerprint density at radius 3 is 3.00 bits per heavy atom. The average molecular weight is 321 g/mol. The lowest BCUT2D eigenvalue weighted by atomic mass is 9.89. The van der Waals surface area contributed by atoms with E-state index in [2.05, 4.69) is 23.8 Å². The lowest BCUT2D eigenvalue weighted by Crippen LogP contribution is -2.13. The van der Waals surface area contributed by atoms with Crippen LogP contribution in [0.2, 0.25) is 0 Å². The molecule has 6 heteroatoms. The minimum absolute atomic E-state index is 0.274. The van der Waals surface area contributed by atoms with Crippen LogP contribution in [0.15, 0.2) is 5.03 Å². The van der Waals surface area contributed by atoms with E-state index in [1.807, 2.05) is 0 Å². The van der Waals surface area contributed by atoms with Gasteiger partial charge in [-0.05, 0) is 30.7 Å². The molecule has 0 saturated heterocycles. The molecule has 1 amide bonds. The standard InChI is InChI=1S/C15H19N3OS2/c1-3-12-17-14(20-7-11(16)19)13-9-5-4-8(2)6-10(9)21-15(13)18-12/h8H,3-7H2,1-2H3,(H2,16,19)/t8-/m1/s1. The number of aryl methyl sites for hydroxylation is 2. The summed E-state index contributed by atoms with van der Waals surface area (Å²) in [6, 6.07) is 0. The van der Waals surface area contributed by atoms with Gasteiger partial charge in [-0.2, -0.15) is 0 Å². The number of fused-ring (bicyclic) bond motifs is 3. The predicted octanol–water partition coefficient (Wildman–Crippen LogP) is 2.96. The number of hydrogen-bond acceptors (Lipinski definition) is 5. The van der Waals surface area contributed by atoms with Crippen molar-refractivity contribution in [3.05, 3.63) is 16.3 Å². The van der Waals surface area contributed by atoms with Crippen molar-refractivity contribution in [3.8, 4) is 0 Å². The molecule has 3 rings (SSSR count). The van der Waals surface area contributed by atoms with E-state index < -0.39 is 0 Å². The summed E-state index contributed by atoms with van der Waals surface area (Å²) in [5.74, 6) is 1.56. The topological polar surface area (TPSA) is 68.9 Å². The minimum atomic E-state index is -0.303. The SMILES string of the molecule is CCc1nc(SCC(N)=O)c2c3c(sc2n1)C[C@H](C)CC3. The van der Waals surface area contributed by atoms with Crippen LogP contribution in [0.5, 0.6) is 0 Å². The Kier molecular flexibility index (Phi) is 4.17. The number of nitrogens with zero attached hydrogens (tertiary/aromatic N) is 2. The Morgan fingerprint density at radius 1 is 1.48 bits per heavy atom. The third kappa shape index (κ3) is 2.92. The summed E-state index contributed by atoms with van der Waals surface area (Å²) >= 11 is 3.25. The van der Waals surface area contributed by atoms with E-state index in [-0.39, 0.29) is 11.7 Å². The van der Waals surface area contributed by atoms with Gasteiger partial charge in [0, 0.05) is 16.7 Å². The first kappa shape index (κ1) is 14.8. The van der Waals surface area contributed by atoms with Crippen molar-refractivity contribution in [2.75, 3.05) is 5.75 Å². The maximum Gasteiger partial charge on any atom is 0.227 e. The zero-order valence-corrected chi connectivity index (χ0v) is 13.9. The molecule has 0 radical (unpaired) electrons. The van der Waals surface area contributed by atoms with Crippen molar-refractivity contribution in [3.63, 3.8) is 0 Å². The van der Waals surface area contributed by atoms with Crippen LogP contribution in [-0.4, -0.2) is 21.6 Å². The van der Waals surface area contributed by atoms with Gasteiger partial charge >= 0.3 is 0 Å². The van der Waals surface area contributed by atoms with E-state index in [9.17, 15) is 4.79 Å². The first-order valence-electron chi connectivity index (χ1n) is 7.30. The molecule has 0 unspecified atom stereocenters. The molecule has 1 atom stereocenters. The van der Waals surface area contributed by atoms with E-state index >= 15 is 0 Å². The van der Waals surface area contributed by atoms with Gasteiger partial charge in [0.25, 0.3) is 0 Å². The molecule has 112 valence electrons. The van der Waals surface area contributed by atoms with Crippen molar-refractivity contribution in [2.24, 2.45) is 11.7 Å². The second-order valence-electron chi connectivity index (χ2n) is 5.59. The molecule has 0 saturated carbocycles. The van der Waals surface area contributed by atoms with Crippen molar-refractivity contribution in [1.29, 1.82) is 0 Å². The molecule has 2 aromatic heterocycles. The van der Waals surface area contributed by atoms with Gasteiger partial charge in [-0.25, -0.2) is 9.97 Å². The van der Waals surface area contributed by atoms with Crippen LogP contribution in [0.1, 0.15) is 36.5 Å². The molecule has 0 fully saturated rings. The van der Waals surface area contributed by atoms with Gasteiger partial charge in [0.05, 0.1) is 5.75 Å². The smallest absolute Gasteiger partial charge is 0.227 e. The highest BCUT2D eigenvalue weighted by molar-refractivity contribution is 8.00. The van der Waals surface area contributed by atoms with Crippen molar-refractivity contribution in [1.82, 2.24) is 9.97 Å². The van der Waals surface area contributed by atoms with E-state index in [1.165, 1.54) is 34.0 Å². The number of nitrogens with two attached hydrogens (primary N) is 1. The summed E-state index contributed by atoms with van der Waals surface area (Å²) < 4.78 is 0. The highest BCUT2D eigenvalue weighted by Gasteiger charge is 2.24. The van der Waals surface area contributed by atoms with E-state index in [0.29, 0.717) is 0 Å². The summed E-state index contributed by atoms with van der Waals surface area (Å²) in [6.07, 6.45) is 4.25. The van der Waals surface area contributed by atoms with Gasteiger partial charge < -0.3 is 5.73 Å². The first-order chi connectivity index (χ1) is 10.1. The number of hydrogen-bond donors (Lipinski definition) is 1. The van der Waals surface area contributed by atoms with Crippen molar-refractivity contribution < 1.29 is 4.79 Å². The predicted molar refractivity (Wildman–Crippen MR) is 87.9 cm³/mol. The minimum Gasteiger partial charge on any atom is -0.369 e. The number of thioether (sulfide) groups is 1. The summed E-state index contributed by atoms with van der Waals surface area (Å²) in [5.41, 5.74) is 6.69. The molecule has 0 spiro atoms. The van der Waals surface area contributed by atoms with Crippen molar-refractivity contribution >= 4 is 39.2 Å². The number of aromatic nitrogens is 2. The molecule has 21 heavy (non-hydrogen) atoms. The highest BCUT2D eigenvalue weighted by atomic mass is 32.2. The van der Waals surface area contributed by atoms with Gasteiger partial charge in [-0.15, -0.1) is 11.3 Å². The monoisotopic (exact) mass is 321 g/mol. The zero-order valence-electron chi connectivity index (χ0n) is 12.3. The largest absolute Gasteiger partial charge is 0.369 e. The Labute approximate surface area is 132 Å². The van der Waals surface area contributed by atoms with Gasteiger partial charge in [-0.3, -0.25) is 4.79 Å². The first-order valence-corrected chi connectivity index (χ1v) is 9.11. The quantitative estimate of drug-likeness (QED) is 0.694. The maximum absolute atomic E-state index is 11.1. The van der Waals surface area contributed by atoms with Crippen LogP contribution < -0.4 is 5.73 Å².